The SMILES string of the molecule is Nn1c(SCc2cn3ccccc3n2)nnc1-c1ccccc1Br. The summed E-state index contributed by atoms with van der Waals surface area (Å²) in [5.74, 6) is 7.47. The quantitative estimate of drug-likeness (QED) is 0.419. The minimum Gasteiger partial charge on any atom is -0.335 e. The van der Waals surface area contributed by atoms with Crippen molar-refractivity contribution >= 4 is 33.3 Å². The number of rotatable bonds is 4. The molecule has 0 aliphatic heterocycles. The fourth-order valence-corrected chi connectivity index (χ4v) is 3.60. The van der Waals surface area contributed by atoms with E-state index in [2.05, 4.69) is 31.1 Å². The lowest BCUT2D eigenvalue weighted by Crippen LogP contribution is -2.11. The number of hydrogen-bond donors (Lipinski definition) is 1. The van der Waals surface area contributed by atoms with Crippen molar-refractivity contribution in [2.75, 3.05) is 5.84 Å². The molecular weight excluding hydrogens is 388 g/mol. The summed E-state index contributed by atoms with van der Waals surface area (Å²) in [4.78, 5) is 4.57. The number of imidazole rings is 1. The summed E-state index contributed by atoms with van der Waals surface area (Å²) >= 11 is 5.03. The molecule has 0 spiro atoms. The normalized spacial score (nSPS) is 11.2. The maximum absolute atomic E-state index is 6.17. The van der Waals surface area contributed by atoms with E-state index < -0.39 is 0 Å². The second-order valence-electron chi connectivity index (χ2n) is 5.14. The summed E-state index contributed by atoms with van der Waals surface area (Å²) in [6, 6.07) is 13.7. The lowest BCUT2D eigenvalue weighted by molar-refractivity contribution is 0.849. The Balaban J connectivity index is 1.56. The number of fused-ring (bicyclic) bond motifs is 1. The molecule has 2 N–H and O–H groups in total. The van der Waals surface area contributed by atoms with Crippen LogP contribution in [0.1, 0.15) is 5.69 Å². The van der Waals surface area contributed by atoms with E-state index in [-0.39, 0.29) is 0 Å². The number of benzene rings is 1. The van der Waals surface area contributed by atoms with Gasteiger partial charge in [-0.1, -0.05) is 45.9 Å². The van der Waals surface area contributed by atoms with Gasteiger partial charge in [0.1, 0.15) is 5.65 Å². The Hall–Kier alpha value is -2.32. The molecule has 0 bridgehead atoms. The highest BCUT2D eigenvalue weighted by Gasteiger charge is 2.14. The zero-order valence-corrected chi connectivity index (χ0v) is 14.9. The van der Waals surface area contributed by atoms with Crippen LogP contribution >= 0.6 is 27.7 Å². The second-order valence-corrected chi connectivity index (χ2v) is 6.94. The van der Waals surface area contributed by atoms with Crippen molar-refractivity contribution in [1.29, 1.82) is 0 Å². The fourth-order valence-electron chi connectivity index (χ4n) is 2.40. The molecule has 0 fully saturated rings. The van der Waals surface area contributed by atoms with Gasteiger partial charge in [0.2, 0.25) is 5.16 Å². The van der Waals surface area contributed by atoms with Crippen LogP contribution in [-0.2, 0) is 5.75 Å². The highest BCUT2D eigenvalue weighted by molar-refractivity contribution is 9.10. The minimum absolute atomic E-state index is 0.625. The van der Waals surface area contributed by atoms with Gasteiger partial charge in [0.15, 0.2) is 5.82 Å². The summed E-state index contributed by atoms with van der Waals surface area (Å²) in [6.45, 7) is 0. The second kappa shape index (κ2) is 6.29. The highest BCUT2D eigenvalue weighted by Crippen LogP contribution is 2.28. The Kier molecular flexibility index (Phi) is 3.99. The molecule has 0 unspecified atom stereocenters. The van der Waals surface area contributed by atoms with Crippen LogP contribution in [0.25, 0.3) is 17.0 Å². The molecule has 6 nitrogen and oxygen atoms in total. The van der Waals surface area contributed by atoms with Gasteiger partial charge in [-0.25, -0.2) is 9.66 Å². The van der Waals surface area contributed by atoms with Gasteiger partial charge in [0.25, 0.3) is 0 Å². The van der Waals surface area contributed by atoms with Crippen LogP contribution in [0.2, 0.25) is 0 Å². The third kappa shape index (κ3) is 2.78. The largest absolute Gasteiger partial charge is 0.335 e. The molecule has 3 heterocycles. The third-order valence-electron chi connectivity index (χ3n) is 3.54. The predicted octanol–water partition coefficient (Wildman–Crippen LogP) is 3.36. The van der Waals surface area contributed by atoms with Crippen molar-refractivity contribution in [2.45, 2.75) is 10.9 Å². The van der Waals surface area contributed by atoms with E-state index >= 15 is 0 Å². The molecule has 120 valence electrons. The van der Waals surface area contributed by atoms with Crippen LogP contribution in [0.4, 0.5) is 0 Å². The molecule has 0 amide bonds. The summed E-state index contributed by atoms with van der Waals surface area (Å²) in [6.07, 6.45) is 3.99. The molecule has 4 rings (SSSR count). The number of nitrogen functional groups attached to an aromatic ring is 1. The molecule has 1 aromatic carbocycles. The van der Waals surface area contributed by atoms with Crippen molar-refractivity contribution in [3.8, 4) is 11.4 Å². The number of thioether (sulfide) groups is 1. The zero-order chi connectivity index (χ0) is 16.5. The van der Waals surface area contributed by atoms with Crippen LogP contribution in [0.3, 0.4) is 0 Å². The van der Waals surface area contributed by atoms with Gasteiger partial charge < -0.3 is 10.2 Å². The summed E-state index contributed by atoms with van der Waals surface area (Å²) in [7, 11) is 0. The molecule has 0 saturated carbocycles. The van der Waals surface area contributed by atoms with E-state index in [0.29, 0.717) is 16.7 Å². The van der Waals surface area contributed by atoms with Gasteiger partial charge in [-0.05, 0) is 24.3 Å². The van der Waals surface area contributed by atoms with Gasteiger partial charge in [0, 0.05) is 28.2 Å². The van der Waals surface area contributed by atoms with E-state index in [1.54, 1.807) is 0 Å². The number of aromatic nitrogens is 5. The summed E-state index contributed by atoms with van der Waals surface area (Å²) in [5, 5.41) is 9.06. The molecule has 3 aromatic heterocycles. The van der Waals surface area contributed by atoms with Gasteiger partial charge >= 0.3 is 0 Å². The smallest absolute Gasteiger partial charge is 0.210 e. The number of nitrogens with two attached hydrogens (primary N) is 1. The third-order valence-corrected chi connectivity index (χ3v) is 5.21. The standard InChI is InChI=1S/C16H13BrN6S/c17-13-6-2-1-5-12(13)15-20-21-16(23(15)18)24-10-11-9-22-8-4-3-7-14(22)19-11/h1-9H,10,18H2. The monoisotopic (exact) mass is 400 g/mol. The van der Waals surface area contributed by atoms with E-state index in [1.807, 2.05) is 59.3 Å². The Morgan fingerprint density at radius 2 is 1.92 bits per heavy atom. The number of halogens is 1. The van der Waals surface area contributed by atoms with Crippen LogP contribution in [-0.4, -0.2) is 24.3 Å². The first-order chi connectivity index (χ1) is 11.7. The molecule has 4 aromatic rings. The first kappa shape index (κ1) is 15.2. The average Bonchev–Trinajstić information content (AvgIpc) is 3.17. The van der Waals surface area contributed by atoms with Crippen LogP contribution < -0.4 is 5.84 Å². The van der Waals surface area contributed by atoms with E-state index in [0.717, 1.165) is 21.4 Å². The first-order valence-electron chi connectivity index (χ1n) is 7.23. The molecule has 0 aliphatic carbocycles. The topological polar surface area (TPSA) is 74.0 Å². The lowest BCUT2D eigenvalue weighted by atomic mass is 10.2. The zero-order valence-electron chi connectivity index (χ0n) is 12.5. The molecule has 0 atom stereocenters. The van der Waals surface area contributed by atoms with Crippen molar-refractivity contribution in [3.05, 3.63) is 65.0 Å². The van der Waals surface area contributed by atoms with Gasteiger partial charge in [-0.2, -0.15) is 0 Å². The minimum atomic E-state index is 0.625. The number of hydrogen-bond acceptors (Lipinski definition) is 5. The van der Waals surface area contributed by atoms with E-state index in [1.165, 1.54) is 16.4 Å². The Labute approximate surface area is 150 Å². The van der Waals surface area contributed by atoms with E-state index in [9.17, 15) is 0 Å². The summed E-state index contributed by atoms with van der Waals surface area (Å²) < 4.78 is 4.44. The maximum atomic E-state index is 6.17. The Morgan fingerprint density at radius 3 is 2.75 bits per heavy atom. The summed E-state index contributed by atoms with van der Waals surface area (Å²) in [5.41, 5.74) is 2.81. The molecular formula is C16H13BrN6S. The molecule has 0 aliphatic rings. The number of nitrogens with zero attached hydrogens (tertiary/aromatic N) is 5. The molecule has 8 heteroatoms. The highest BCUT2D eigenvalue weighted by atomic mass is 79.9. The average molecular weight is 401 g/mol. The number of pyridine rings is 1. The van der Waals surface area contributed by atoms with Crippen molar-refractivity contribution in [3.63, 3.8) is 0 Å². The Bertz CT molecular complexity index is 976. The van der Waals surface area contributed by atoms with Crippen molar-refractivity contribution in [2.24, 2.45) is 0 Å². The van der Waals surface area contributed by atoms with Gasteiger partial charge in [-0.3, -0.25) is 0 Å². The predicted molar refractivity (Wildman–Crippen MR) is 98.1 cm³/mol. The van der Waals surface area contributed by atoms with Crippen molar-refractivity contribution < 1.29 is 0 Å². The Morgan fingerprint density at radius 1 is 1.08 bits per heavy atom. The van der Waals surface area contributed by atoms with Crippen molar-refractivity contribution in [1.82, 2.24) is 24.3 Å². The van der Waals surface area contributed by atoms with Crippen LogP contribution in [0.15, 0.2) is 64.5 Å². The van der Waals surface area contributed by atoms with Crippen LogP contribution in [0, 0.1) is 0 Å². The van der Waals surface area contributed by atoms with Crippen LogP contribution in [0.5, 0.6) is 0 Å². The fraction of sp³-hybridized carbons (Fsp3) is 0.0625. The molecule has 0 radical (unpaired) electrons. The molecule has 24 heavy (non-hydrogen) atoms. The maximum Gasteiger partial charge on any atom is 0.210 e. The van der Waals surface area contributed by atoms with E-state index in [4.69, 9.17) is 5.84 Å². The first-order valence-corrected chi connectivity index (χ1v) is 9.01. The van der Waals surface area contributed by atoms with Gasteiger partial charge in [-0.15, -0.1) is 10.2 Å². The van der Waals surface area contributed by atoms with Gasteiger partial charge in [0.05, 0.1) is 5.69 Å². The lowest BCUT2D eigenvalue weighted by Gasteiger charge is -2.04. The molecule has 0 saturated heterocycles.